The van der Waals surface area contributed by atoms with Crippen LogP contribution in [0.4, 0.5) is 0 Å². The van der Waals surface area contributed by atoms with Crippen LogP contribution in [0.1, 0.15) is 52.4 Å². The van der Waals surface area contributed by atoms with Crippen LogP contribution in [0.3, 0.4) is 0 Å². The summed E-state index contributed by atoms with van der Waals surface area (Å²) in [6.07, 6.45) is 6.91. The quantitative estimate of drug-likeness (QED) is 0.791. The highest BCUT2D eigenvalue weighted by atomic mass is 16.2. The van der Waals surface area contributed by atoms with Gasteiger partial charge in [-0.3, -0.25) is 9.59 Å². The third-order valence-electron chi connectivity index (χ3n) is 5.91. The zero-order valence-corrected chi connectivity index (χ0v) is 13.9. The Hall–Kier alpha value is -1.06. The molecule has 124 valence electrons. The van der Waals surface area contributed by atoms with Gasteiger partial charge in [0.05, 0.1) is 0 Å². The lowest BCUT2D eigenvalue weighted by Crippen LogP contribution is -2.36. The molecule has 0 bridgehead atoms. The number of hydrogen-bond donors (Lipinski definition) is 2. The molecule has 0 unspecified atom stereocenters. The van der Waals surface area contributed by atoms with Gasteiger partial charge in [0.15, 0.2) is 0 Å². The monoisotopic (exact) mass is 306 g/mol. The predicted molar refractivity (Wildman–Crippen MR) is 86.0 cm³/mol. The summed E-state index contributed by atoms with van der Waals surface area (Å²) in [6.45, 7) is 5.94. The molecule has 22 heavy (non-hydrogen) atoms. The first-order valence-electron chi connectivity index (χ1n) is 9.10. The predicted octanol–water partition coefficient (Wildman–Crippen LogP) is 2.34. The number of carbonyl (C=O) groups is 2. The maximum absolute atomic E-state index is 11.9. The van der Waals surface area contributed by atoms with Gasteiger partial charge in [0.1, 0.15) is 0 Å². The lowest BCUT2D eigenvalue weighted by Gasteiger charge is -2.29. The molecule has 3 aliphatic carbocycles. The highest BCUT2D eigenvalue weighted by molar-refractivity contribution is 5.81. The Bertz CT molecular complexity index is 399. The first kappa shape index (κ1) is 15.8. The lowest BCUT2D eigenvalue weighted by molar-refractivity contribution is -0.123. The third kappa shape index (κ3) is 4.02. The van der Waals surface area contributed by atoms with Crippen molar-refractivity contribution in [3.8, 4) is 0 Å². The van der Waals surface area contributed by atoms with Crippen molar-refractivity contribution in [3.63, 3.8) is 0 Å². The molecule has 6 atom stereocenters. The van der Waals surface area contributed by atoms with Gasteiger partial charge in [-0.15, -0.1) is 0 Å². The van der Waals surface area contributed by atoms with Crippen molar-refractivity contribution < 1.29 is 9.59 Å². The molecule has 3 saturated carbocycles. The first-order chi connectivity index (χ1) is 10.5. The average molecular weight is 306 g/mol. The lowest BCUT2D eigenvalue weighted by atomic mass is 9.81. The molecule has 4 nitrogen and oxygen atoms in total. The highest BCUT2D eigenvalue weighted by Crippen LogP contribution is 2.38. The molecule has 0 saturated heterocycles. The van der Waals surface area contributed by atoms with E-state index in [0.29, 0.717) is 23.7 Å². The molecular weight excluding hydrogens is 276 g/mol. The standard InChI is InChI=1S/C18H30N2O2/c1-11-6-15(11)17(21)19-9-13-4-3-5-14(8-13)10-20-18(22)16-7-12(16)2/h11-16H,3-10H2,1-2H3,(H,19,21)(H,20,22)/t11-,12-,13+,14+,15-,16+/m0/s1. The van der Waals surface area contributed by atoms with Crippen molar-refractivity contribution in [3.05, 3.63) is 0 Å². The van der Waals surface area contributed by atoms with Crippen LogP contribution in [0.2, 0.25) is 0 Å². The Balaban J connectivity index is 1.34. The van der Waals surface area contributed by atoms with Crippen molar-refractivity contribution in [2.75, 3.05) is 13.1 Å². The molecule has 3 fully saturated rings. The van der Waals surface area contributed by atoms with Gasteiger partial charge in [0.25, 0.3) is 0 Å². The van der Waals surface area contributed by atoms with Gasteiger partial charge >= 0.3 is 0 Å². The van der Waals surface area contributed by atoms with E-state index < -0.39 is 0 Å². The van der Waals surface area contributed by atoms with Crippen molar-refractivity contribution in [2.45, 2.75) is 52.4 Å². The van der Waals surface area contributed by atoms with Gasteiger partial charge in [0, 0.05) is 24.9 Å². The summed E-state index contributed by atoms with van der Waals surface area (Å²) in [7, 11) is 0. The number of hydrogen-bond acceptors (Lipinski definition) is 2. The fraction of sp³-hybridized carbons (Fsp3) is 0.889. The summed E-state index contributed by atoms with van der Waals surface area (Å²) in [5.41, 5.74) is 0. The van der Waals surface area contributed by atoms with E-state index in [1.54, 1.807) is 0 Å². The average Bonchev–Trinajstić information content (AvgIpc) is 3.41. The molecule has 2 amide bonds. The Morgan fingerprint density at radius 1 is 0.818 bits per heavy atom. The molecule has 4 heteroatoms. The highest BCUT2D eigenvalue weighted by Gasteiger charge is 2.40. The molecule has 0 heterocycles. The van der Waals surface area contributed by atoms with Crippen LogP contribution >= 0.6 is 0 Å². The molecule has 0 spiro atoms. The van der Waals surface area contributed by atoms with E-state index >= 15 is 0 Å². The summed E-state index contributed by atoms with van der Waals surface area (Å²) in [5, 5.41) is 6.28. The Kier molecular flexibility index (Phi) is 4.74. The summed E-state index contributed by atoms with van der Waals surface area (Å²) in [5.74, 6) is 3.41. The Morgan fingerprint density at radius 3 is 1.59 bits per heavy atom. The SMILES string of the molecule is C[C@H]1C[C@@H]1C(=O)NC[C@@H]1CCC[C@@H](CNC(=O)[C@@H]2C[C@@H]2C)C1. The molecule has 0 aliphatic heterocycles. The summed E-state index contributed by atoms with van der Waals surface area (Å²) in [6, 6.07) is 0. The smallest absolute Gasteiger partial charge is 0.223 e. The van der Waals surface area contributed by atoms with Crippen molar-refractivity contribution in [1.82, 2.24) is 10.6 Å². The van der Waals surface area contributed by atoms with E-state index in [1.165, 1.54) is 19.3 Å². The first-order valence-corrected chi connectivity index (χ1v) is 9.10. The van der Waals surface area contributed by atoms with Crippen LogP contribution in [0.25, 0.3) is 0 Å². The van der Waals surface area contributed by atoms with Gasteiger partial charge in [-0.25, -0.2) is 0 Å². The van der Waals surface area contributed by atoms with Gasteiger partial charge in [-0.2, -0.15) is 0 Å². The number of carbonyl (C=O) groups excluding carboxylic acids is 2. The summed E-state index contributed by atoms with van der Waals surface area (Å²) in [4.78, 5) is 23.8. The second kappa shape index (κ2) is 6.59. The number of nitrogens with one attached hydrogen (secondary N) is 2. The van der Waals surface area contributed by atoms with Crippen LogP contribution in [0, 0.1) is 35.5 Å². The van der Waals surface area contributed by atoms with E-state index in [9.17, 15) is 9.59 Å². The van der Waals surface area contributed by atoms with E-state index in [1.807, 2.05) is 0 Å². The summed E-state index contributed by atoms with van der Waals surface area (Å²) < 4.78 is 0. The minimum atomic E-state index is 0.255. The maximum Gasteiger partial charge on any atom is 0.223 e. The second-order valence-electron chi connectivity index (χ2n) is 8.03. The van der Waals surface area contributed by atoms with E-state index in [4.69, 9.17) is 0 Å². The Morgan fingerprint density at radius 2 is 1.23 bits per heavy atom. The number of rotatable bonds is 6. The van der Waals surface area contributed by atoms with Gasteiger partial charge in [-0.1, -0.05) is 20.3 Å². The molecule has 3 aliphatic rings. The molecule has 0 radical (unpaired) electrons. The Labute approximate surface area is 133 Å². The third-order valence-corrected chi connectivity index (χ3v) is 5.91. The van der Waals surface area contributed by atoms with Crippen LogP contribution in [-0.4, -0.2) is 24.9 Å². The van der Waals surface area contributed by atoms with Gasteiger partial charge in [-0.05, 0) is 55.8 Å². The largest absolute Gasteiger partial charge is 0.356 e. The normalized spacial score (nSPS) is 39.9. The minimum absolute atomic E-state index is 0.255. The van der Waals surface area contributed by atoms with Crippen molar-refractivity contribution in [1.29, 1.82) is 0 Å². The fourth-order valence-corrected chi connectivity index (χ4v) is 3.90. The van der Waals surface area contributed by atoms with E-state index in [2.05, 4.69) is 24.5 Å². The molecule has 0 aromatic rings. The van der Waals surface area contributed by atoms with Crippen molar-refractivity contribution >= 4 is 11.8 Å². The second-order valence-corrected chi connectivity index (χ2v) is 8.03. The number of amides is 2. The minimum Gasteiger partial charge on any atom is -0.356 e. The van der Waals surface area contributed by atoms with Crippen LogP contribution < -0.4 is 10.6 Å². The molecule has 0 aromatic carbocycles. The van der Waals surface area contributed by atoms with Crippen LogP contribution in [0.15, 0.2) is 0 Å². The van der Waals surface area contributed by atoms with E-state index in [0.717, 1.165) is 32.4 Å². The topological polar surface area (TPSA) is 58.2 Å². The fourth-order valence-electron chi connectivity index (χ4n) is 3.90. The molecule has 3 rings (SSSR count). The van der Waals surface area contributed by atoms with Gasteiger partial charge in [0.2, 0.25) is 11.8 Å². The summed E-state index contributed by atoms with van der Waals surface area (Å²) >= 11 is 0. The van der Waals surface area contributed by atoms with Crippen LogP contribution in [-0.2, 0) is 9.59 Å². The van der Waals surface area contributed by atoms with Crippen LogP contribution in [0.5, 0.6) is 0 Å². The zero-order valence-electron chi connectivity index (χ0n) is 13.9. The zero-order chi connectivity index (χ0) is 15.7. The molecular formula is C18H30N2O2. The maximum atomic E-state index is 11.9. The van der Waals surface area contributed by atoms with E-state index in [-0.39, 0.29) is 23.7 Å². The van der Waals surface area contributed by atoms with Crippen molar-refractivity contribution in [2.24, 2.45) is 35.5 Å². The molecule has 2 N–H and O–H groups in total. The van der Waals surface area contributed by atoms with Gasteiger partial charge < -0.3 is 10.6 Å². The molecule has 0 aromatic heterocycles.